The highest BCUT2D eigenvalue weighted by molar-refractivity contribution is 7.17. The monoisotopic (exact) mass is 251 g/mol. The molecule has 1 heterocycles. The molecule has 0 aliphatic carbocycles. The molecule has 0 aliphatic heterocycles. The first-order valence-electron chi connectivity index (χ1n) is 4.85. The summed E-state index contributed by atoms with van der Waals surface area (Å²) in [5.74, 6) is -0.713. The zero-order valence-electron chi connectivity index (χ0n) is 9.07. The van der Waals surface area contributed by atoms with E-state index in [0.29, 0.717) is 10.4 Å². The number of hydrogen-bond acceptors (Lipinski definition) is 3. The molecular formula is C12H10FNO2S. The van der Waals surface area contributed by atoms with Crippen molar-refractivity contribution >= 4 is 17.2 Å². The number of hydrogen-bond donors (Lipinski definition) is 1. The first-order chi connectivity index (χ1) is 8.11. The van der Waals surface area contributed by atoms with E-state index in [0.717, 1.165) is 4.88 Å². The Balaban J connectivity index is 2.39. The maximum atomic E-state index is 13.5. The van der Waals surface area contributed by atoms with E-state index in [9.17, 15) is 9.18 Å². The van der Waals surface area contributed by atoms with Crippen LogP contribution < -0.4 is 10.5 Å². The van der Waals surface area contributed by atoms with Gasteiger partial charge in [0.15, 0.2) is 11.6 Å². The molecule has 2 N–H and O–H groups in total. The van der Waals surface area contributed by atoms with Gasteiger partial charge in [0.1, 0.15) is 0 Å². The predicted molar refractivity (Wildman–Crippen MR) is 64.8 cm³/mol. The standard InChI is InChI=1S/C12H10FNO2S/c1-16-9-3-2-7(6-8(9)13)10-4-5-11(17-10)12(14)15/h2-6H,1H3,(H2,14,15). The van der Waals surface area contributed by atoms with Crippen molar-refractivity contribution in [1.82, 2.24) is 0 Å². The van der Waals surface area contributed by atoms with Crippen LogP contribution in [0.4, 0.5) is 4.39 Å². The molecule has 0 aliphatic rings. The highest BCUT2D eigenvalue weighted by Gasteiger charge is 2.09. The van der Waals surface area contributed by atoms with E-state index in [1.165, 1.54) is 24.5 Å². The van der Waals surface area contributed by atoms with Gasteiger partial charge in [-0.1, -0.05) is 0 Å². The fourth-order valence-corrected chi connectivity index (χ4v) is 2.30. The van der Waals surface area contributed by atoms with Crippen molar-refractivity contribution in [3.63, 3.8) is 0 Å². The van der Waals surface area contributed by atoms with E-state index >= 15 is 0 Å². The molecular weight excluding hydrogens is 241 g/mol. The summed E-state index contributed by atoms with van der Waals surface area (Å²) < 4.78 is 18.3. The molecule has 0 radical (unpaired) electrons. The van der Waals surface area contributed by atoms with Gasteiger partial charge in [0.05, 0.1) is 12.0 Å². The Bertz CT molecular complexity index is 565. The smallest absolute Gasteiger partial charge is 0.258 e. The first-order valence-corrected chi connectivity index (χ1v) is 5.67. The number of amides is 1. The van der Waals surface area contributed by atoms with E-state index < -0.39 is 11.7 Å². The highest BCUT2D eigenvalue weighted by Crippen LogP contribution is 2.30. The van der Waals surface area contributed by atoms with Gasteiger partial charge in [-0.2, -0.15) is 0 Å². The lowest BCUT2D eigenvalue weighted by atomic mass is 10.2. The zero-order valence-corrected chi connectivity index (χ0v) is 9.88. The lowest BCUT2D eigenvalue weighted by Gasteiger charge is -2.03. The number of methoxy groups -OCH3 is 1. The minimum Gasteiger partial charge on any atom is -0.494 e. The zero-order chi connectivity index (χ0) is 12.4. The van der Waals surface area contributed by atoms with E-state index in [4.69, 9.17) is 10.5 Å². The fraction of sp³-hybridized carbons (Fsp3) is 0.0833. The van der Waals surface area contributed by atoms with Crippen molar-refractivity contribution < 1.29 is 13.9 Å². The Kier molecular flexibility index (Phi) is 3.10. The minimum atomic E-state index is -0.477. The summed E-state index contributed by atoms with van der Waals surface area (Å²) in [6, 6.07) is 8.03. The molecule has 1 amide bonds. The Labute approximate surface area is 102 Å². The SMILES string of the molecule is COc1ccc(-c2ccc(C(N)=O)s2)cc1F. The summed E-state index contributed by atoms with van der Waals surface area (Å²) in [5.41, 5.74) is 5.85. The van der Waals surface area contributed by atoms with Gasteiger partial charge < -0.3 is 10.5 Å². The normalized spacial score (nSPS) is 10.2. The molecule has 2 rings (SSSR count). The average Bonchev–Trinajstić information content (AvgIpc) is 2.78. The molecule has 88 valence electrons. The molecule has 0 fully saturated rings. The quantitative estimate of drug-likeness (QED) is 0.911. The molecule has 0 saturated carbocycles. The number of carbonyl (C=O) groups is 1. The number of ether oxygens (including phenoxy) is 1. The average molecular weight is 251 g/mol. The third kappa shape index (κ3) is 2.29. The molecule has 0 spiro atoms. The van der Waals surface area contributed by atoms with Crippen LogP contribution in [0.1, 0.15) is 9.67 Å². The second-order valence-corrected chi connectivity index (χ2v) is 4.46. The van der Waals surface area contributed by atoms with E-state index in [1.807, 2.05) is 0 Å². The van der Waals surface area contributed by atoms with Gasteiger partial charge in [0, 0.05) is 4.88 Å². The van der Waals surface area contributed by atoms with Gasteiger partial charge in [-0.3, -0.25) is 4.79 Å². The molecule has 17 heavy (non-hydrogen) atoms. The van der Waals surface area contributed by atoms with Crippen molar-refractivity contribution in [3.8, 4) is 16.2 Å². The van der Waals surface area contributed by atoms with Crippen molar-refractivity contribution in [2.45, 2.75) is 0 Å². The van der Waals surface area contributed by atoms with Crippen LogP contribution in [-0.4, -0.2) is 13.0 Å². The molecule has 1 aromatic carbocycles. The molecule has 2 aromatic rings. The van der Waals surface area contributed by atoms with Crippen LogP contribution in [0.3, 0.4) is 0 Å². The van der Waals surface area contributed by atoms with Gasteiger partial charge in [0.2, 0.25) is 0 Å². The summed E-state index contributed by atoms with van der Waals surface area (Å²) in [4.78, 5) is 12.2. The highest BCUT2D eigenvalue weighted by atomic mass is 32.1. The topological polar surface area (TPSA) is 52.3 Å². The number of thiophene rings is 1. The second kappa shape index (κ2) is 4.55. The van der Waals surface area contributed by atoms with Gasteiger partial charge in [-0.15, -0.1) is 11.3 Å². The van der Waals surface area contributed by atoms with Gasteiger partial charge in [0.25, 0.3) is 5.91 Å². The van der Waals surface area contributed by atoms with Crippen LogP contribution >= 0.6 is 11.3 Å². The van der Waals surface area contributed by atoms with Gasteiger partial charge >= 0.3 is 0 Å². The molecule has 0 saturated heterocycles. The van der Waals surface area contributed by atoms with Crippen LogP contribution in [0.5, 0.6) is 5.75 Å². The summed E-state index contributed by atoms with van der Waals surface area (Å²) >= 11 is 1.23. The summed E-state index contributed by atoms with van der Waals surface area (Å²) in [6.45, 7) is 0. The Morgan fingerprint density at radius 3 is 2.65 bits per heavy atom. The predicted octanol–water partition coefficient (Wildman–Crippen LogP) is 2.66. The fourth-order valence-electron chi connectivity index (χ4n) is 1.45. The van der Waals surface area contributed by atoms with Crippen molar-refractivity contribution in [1.29, 1.82) is 0 Å². The largest absolute Gasteiger partial charge is 0.494 e. The van der Waals surface area contributed by atoms with Crippen LogP contribution in [0.15, 0.2) is 30.3 Å². The Morgan fingerprint density at radius 2 is 2.12 bits per heavy atom. The number of nitrogens with two attached hydrogens (primary N) is 1. The number of halogens is 1. The van der Waals surface area contributed by atoms with Crippen LogP contribution in [0.2, 0.25) is 0 Å². The van der Waals surface area contributed by atoms with Crippen LogP contribution in [0.25, 0.3) is 10.4 Å². The maximum Gasteiger partial charge on any atom is 0.258 e. The third-order valence-electron chi connectivity index (χ3n) is 2.29. The number of carbonyl (C=O) groups excluding carboxylic acids is 1. The number of benzene rings is 1. The molecule has 0 bridgehead atoms. The second-order valence-electron chi connectivity index (χ2n) is 3.38. The minimum absolute atomic E-state index is 0.195. The van der Waals surface area contributed by atoms with E-state index in [1.54, 1.807) is 24.3 Å². The van der Waals surface area contributed by atoms with Crippen LogP contribution in [0, 0.1) is 5.82 Å². The molecule has 3 nitrogen and oxygen atoms in total. The summed E-state index contributed by atoms with van der Waals surface area (Å²) in [5, 5.41) is 0. The van der Waals surface area contributed by atoms with Crippen LogP contribution in [-0.2, 0) is 0 Å². The van der Waals surface area contributed by atoms with Crippen molar-refractivity contribution in [3.05, 3.63) is 41.0 Å². The lowest BCUT2D eigenvalue weighted by molar-refractivity contribution is 0.100. The molecule has 0 unspecified atom stereocenters. The van der Waals surface area contributed by atoms with Gasteiger partial charge in [-0.25, -0.2) is 4.39 Å². The van der Waals surface area contributed by atoms with Crippen molar-refractivity contribution in [2.24, 2.45) is 5.73 Å². The Hall–Kier alpha value is -1.88. The van der Waals surface area contributed by atoms with E-state index in [-0.39, 0.29) is 5.75 Å². The summed E-state index contributed by atoms with van der Waals surface area (Å²) in [7, 11) is 1.41. The van der Waals surface area contributed by atoms with E-state index in [2.05, 4.69) is 0 Å². The number of rotatable bonds is 3. The summed E-state index contributed by atoms with van der Waals surface area (Å²) in [6.07, 6.45) is 0. The van der Waals surface area contributed by atoms with Gasteiger partial charge in [-0.05, 0) is 35.9 Å². The van der Waals surface area contributed by atoms with Crippen molar-refractivity contribution in [2.75, 3.05) is 7.11 Å². The number of primary amides is 1. The maximum absolute atomic E-state index is 13.5. The molecule has 0 atom stereocenters. The molecule has 1 aromatic heterocycles. The lowest BCUT2D eigenvalue weighted by Crippen LogP contribution is -2.07. The third-order valence-corrected chi connectivity index (χ3v) is 3.43. The molecule has 5 heteroatoms. The Morgan fingerprint density at radius 1 is 1.35 bits per heavy atom. The first kappa shape index (κ1) is 11.6.